The van der Waals surface area contributed by atoms with Gasteiger partial charge in [-0.05, 0) is 43.2 Å². The Morgan fingerprint density at radius 1 is 0.935 bits per heavy atom. The summed E-state index contributed by atoms with van der Waals surface area (Å²) in [5.74, 6) is 0.923. The Bertz CT molecular complexity index is 1150. The van der Waals surface area contributed by atoms with E-state index in [4.69, 9.17) is 0 Å². The fourth-order valence-electron chi connectivity index (χ4n) is 3.21. The molecule has 1 heterocycles. The summed E-state index contributed by atoms with van der Waals surface area (Å²) in [6.45, 7) is 4.17. The number of aromatic nitrogens is 3. The molecule has 0 fully saturated rings. The van der Waals surface area contributed by atoms with Gasteiger partial charge in [0.25, 0.3) is 0 Å². The molecule has 0 atom stereocenters. The molecule has 0 bridgehead atoms. The lowest BCUT2D eigenvalue weighted by Crippen LogP contribution is -2.14. The standard InChI is InChI=1S/C25H24N4OS/c1-3-19-11-15-21(16-12-19)26-23(30)17-31-25-28-27-24(20-13-9-18(2)10-14-20)29(25)22-7-5-4-6-8-22/h4-16H,3,17H2,1-2H3,(H,26,30). The van der Waals surface area contributed by atoms with Gasteiger partial charge in [-0.3, -0.25) is 9.36 Å². The molecule has 156 valence electrons. The van der Waals surface area contributed by atoms with Gasteiger partial charge in [0.05, 0.1) is 5.75 Å². The van der Waals surface area contributed by atoms with Crippen LogP contribution in [0.1, 0.15) is 18.1 Å². The molecule has 0 radical (unpaired) electrons. The Hall–Kier alpha value is -3.38. The number of carbonyl (C=O) groups is 1. The fraction of sp³-hybridized carbons (Fsp3) is 0.160. The van der Waals surface area contributed by atoms with Crippen LogP contribution in [0.3, 0.4) is 0 Å². The molecule has 0 saturated heterocycles. The molecule has 1 N–H and O–H groups in total. The van der Waals surface area contributed by atoms with Crippen LogP contribution in [0.2, 0.25) is 0 Å². The minimum Gasteiger partial charge on any atom is -0.325 e. The molecule has 0 aliphatic rings. The number of aryl methyl sites for hydroxylation is 2. The lowest BCUT2D eigenvalue weighted by atomic mass is 10.1. The van der Waals surface area contributed by atoms with Crippen LogP contribution in [0.15, 0.2) is 84.0 Å². The maximum absolute atomic E-state index is 12.5. The highest BCUT2D eigenvalue weighted by Crippen LogP contribution is 2.28. The van der Waals surface area contributed by atoms with E-state index in [0.29, 0.717) is 5.16 Å². The van der Waals surface area contributed by atoms with Gasteiger partial charge in [-0.1, -0.05) is 78.8 Å². The van der Waals surface area contributed by atoms with Gasteiger partial charge in [0.15, 0.2) is 11.0 Å². The topological polar surface area (TPSA) is 59.8 Å². The van der Waals surface area contributed by atoms with Gasteiger partial charge in [0, 0.05) is 16.9 Å². The van der Waals surface area contributed by atoms with Crippen LogP contribution in [-0.4, -0.2) is 26.4 Å². The SMILES string of the molecule is CCc1ccc(NC(=O)CSc2nnc(-c3ccc(C)cc3)n2-c2ccccc2)cc1. The van der Waals surface area contributed by atoms with Crippen LogP contribution in [0.25, 0.3) is 17.1 Å². The van der Waals surface area contributed by atoms with E-state index in [1.54, 1.807) is 0 Å². The number of amides is 1. The van der Waals surface area contributed by atoms with Gasteiger partial charge in [-0.2, -0.15) is 0 Å². The second kappa shape index (κ2) is 9.62. The molecule has 0 spiro atoms. The Balaban J connectivity index is 1.55. The molecule has 1 amide bonds. The van der Waals surface area contributed by atoms with E-state index in [1.807, 2.05) is 71.3 Å². The number of benzene rings is 3. The average molecular weight is 429 g/mol. The molecule has 1 aromatic heterocycles. The number of hydrogen-bond donors (Lipinski definition) is 1. The molecule has 0 aliphatic carbocycles. The van der Waals surface area contributed by atoms with Crippen molar-refractivity contribution in [2.75, 3.05) is 11.1 Å². The molecule has 6 heteroatoms. The monoisotopic (exact) mass is 428 g/mol. The number of nitrogens with one attached hydrogen (secondary N) is 1. The summed E-state index contributed by atoms with van der Waals surface area (Å²) < 4.78 is 2.00. The highest BCUT2D eigenvalue weighted by Gasteiger charge is 2.17. The molecule has 4 aromatic rings. The van der Waals surface area contributed by atoms with E-state index >= 15 is 0 Å². The Labute approximate surface area is 186 Å². The molecule has 3 aromatic carbocycles. The molecular weight excluding hydrogens is 404 g/mol. The first-order chi connectivity index (χ1) is 15.1. The van der Waals surface area contributed by atoms with E-state index in [0.717, 1.165) is 29.2 Å². The van der Waals surface area contributed by atoms with Gasteiger partial charge in [-0.15, -0.1) is 10.2 Å². The fourth-order valence-corrected chi connectivity index (χ4v) is 3.97. The summed E-state index contributed by atoms with van der Waals surface area (Å²) in [5, 5.41) is 12.5. The number of thioether (sulfide) groups is 1. The second-order valence-corrected chi connectivity index (χ2v) is 8.17. The number of anilines is 1. The number of carbonyl (C=O) groups excluding carboxylic acids is 1. The van der Waals surface area contributed by atoms with E-state index in [2.05, 4.69) is 41.5 Å². The minimum atomic E-state index is -0.0752. The van der Waals surface area contributed by atoms with Crippen molar-refractivity contribution in [3.63, 3.8) is 0 Å². The van der Waals surface area contributed by atoms with Gasteiger partial charge in [0.2, 0.25) is 5.91 Å². The van der Waals surface area contributed by atoms with Gasteiger partial charge in [0.1, 0.15) is 0 Å². The average Bonchev–Trinajstić information content (AvgIpc) is 3.23. The van der Waals surface area contributed by atoms with Crippen molar-refractivity contribution in [1.29, 1.82) is 0 Å². The smallest absolute Gasteiger partial charge is 0.234 e. The number of para-hydroxylation sites is 1. The molecule has 31 heavy (non-hydrogen) atoms. The van der Waals surface area contributed by atoms with E-state index < -0.39 is 0 Å². The van der Waals surface area contributed by atoms with Gasteiger partial charge in [-0.25, -0.2) is 0 Å². The minimum absolute atomic E-state index is 0.0752. The predicted octanol–water partition coefficient (Wildman–Crippen LogP) is 5.54. The van der Waals surface area contributed by atoms with Crippen molar-refractivity contribution < 1.29 is 4.79 Å². The zero-order chi connectivity index (χ0) is 21.6. The summed E-state index contributed by atoms with van der Waals surface area (Å²) in [5.41, 5.74) is 5.17. The molecule has 0 saturated carbocycles. The third-order valence-corrected chi connectivity index (χ3v) is 5.86. The summed E-state index contributed by atoms with van der Waals surface area (Å²) >= 11 is 1.37. The van der Waals surface area contributed by atoms with Crippen molar-refractivity contribution in [1.82, 2.24) is 14.8 Å². The van der Waals surface area contributed by atoms with Gasteiger partial charge >= 0.3 is 0 Å². The van der Waals surface area contributed by atoms with Crippen molar-refractivity contribution in [3.8, 4) is 17.1 Å². The zero-order valence-electron chi connectivity index (χ0n) is 17.6. The van der Waals surface area contributed by atoms with Crippen molar-refractivity contribution >= 4 is 23.4 Å². The van der Waals surface area contributed by atoms with E-state index in [1.165, 1.54) is 22.9 Å². The van der Waals surface area contributed by atoms with Crippen LogP contribution in [0.5, 0.6) is 0 Å². The largest absolute Gasteiger partial charge is 0.325 e. The lowest BCUT2D eigenvalue weighted by molar-refractivity contribution is -0.113. The molecule has 0 unspecified atom stereocenters. The van der Waals surface area contributed by atoms with Crippen LogP contribution in [0, 0.1) is 6.92 Å². The maximum atomic E-state index is 12.5. The Morgan fingerprint density at radius 2 is 1.65 bits per heavy atom. The Kier molecular flexibility index (Phi) is 6.48. The van der Waals surface area contributed by atoms with Crippen LogP contribution in [-0.2, 0) is 11.2 Å². The quantitative estimate of drug-likeness (QED) is 0.393. The third-order valence-electron chi connectivity index (χ3n) is 4.94. The van der Waals surface area contributed by atoms with E-state index in [-0.39, 0.29) is 11.7 Å². The highest BCUT2D eigenvalue weighted by atomic mass is 32.2. The summed E-state index contributed by atoms with van der Waals surface area (Å²) in [7, 11) is 0. The first kappa shape index (κ1) is 20.9. The number of rotatable bonds is 7. The molecule has 5 nitrogen and oxygen atoms in total. The van der Waals surface area contributed by atoms with Crippen LogP contribution in [0.4, 0.5) is 5.69 Å². The summed E-state index contributed by atoms with van der Waals surface area (Å²) in [6.07, 6.45) is 0.975. The van der Waals surface area contributed by atoms with Crippen molar-refractivity contribution in [2.24, 2.45) is 0 Å². The summed E-state index contributed by atoms with van der Waals surface area (Å²) in [6, 6.07) is 26.1. The number of hydrogen-bond acceptors (Lipinski definition) is 4. The zero-order valence-corrected chi connectivity index (χ0v) is 18.4. The van der Waals surface area contributed by atoms with E-state index in [9.17, 15) is 4.79 Å². The first-order valence-corrected chi connectivity index (χ1v) is 11.2. The highest BCUT2D eigenvalue weighted by molar-refractivity contribution is 7.99. The first-order valence-electron chi connectivity index (χ1n) is 10.2. The molecular formula is C25H24N4OS. The van der Waals surface area contributed by atoms with Gasteiger partial charge < -0.3 is 5.32 Å². The Morgan fingerprint density at radius 3 is 2.32 bits per heavy atom. The van der Waals surface area contributed by atoms with Crippen LogP contribution >= 0.6 is 11.8 Å². The second-order valence-electron chi connectivity index (χ2n) is 7.23. The van der Waals surface area contributed by atoms with Crippen molar-refractivity contribution in [3.05, 3.63) is 90.0 Å². The predicted molar refractivity (Wildman–Crippen MR) is 127 cm³/mol. The normalized spacial score (nSPS) is 10.8. The number of nitrogens with zero attached hydrogens (tertiary/aromatic N) is 3. The third kappa shape index (κ3) is 5.03. The maximum Gasteiger partial charge on any atom is 0.234 e. The lowest BCUT2D eigenvalue weighted by Gasteiger charge is -2.11. The molecule has 4 rings (SSSR count). The van der Waals surface area contributed by atoms with Crippen molar-refractivity contribution in [2.45, 2.75) is 25.4 Å². The van der Waals surface area contributed by atoms with Crippen LogP contribution < -0.4 is 5.32 Å². The molecule has 0 aliphatic heterocycles. The summed E-state index contributed by atoms with van der Waals surface area (Å²) in [4.78, 5) is 12.5.